The van der Waals surface area contributed by atoms with Gasteiger partial charge >= 0.3 is 17.7 Å². The number of para-hydroxylation sites is 1. The van der Waals surface area contributed by atoms with Crippen LogP contribution in [-0.4, -0.2) is 34.4 Å². The lowest BCUT2D eigenvalue weighted by atomic mass is 10.1. The van der Waals surface area contributed by atoms with E-state index in [0.29, 0.717) is 19.4 Å². The van der Waals surface area contributed by atoms with Gasteiger partial charge in [0.05, 0.1) is 6.61 Å². The van der Waals surface area contributed by atoms with Crippen LogP contribution in [-0.2, 0) is 25.5 Å². The average molecular weight is 317 g/mol. The first-order chi connectivity index (χ1) is 11.1. The van der Waals surface area contributed by atoms with Gasteiger partial charge in [-0.25, -0.2) is 4.79 Å². The molecule has 2 heterocycles. The van der Waals surface area contributed by atoms with Crippen LogP contribution in [0.25, 0.3) is 10.9 Å². The van der Waals surface area contributed by atoms with Crippen molar-refractivity contribution in [1.82, 2.24) is 4.98 Å². The van der Waals surface area contributed by atoms with E-state index in [0.717, 1.165) is 22.9 Å². The van der Waals surface area contributed by atoms with Gasteiger partial charge < -0.3 is 19.6 Å². The topological polar surface area (TPSA) is 88.6 Å². The maximum atomic E-state index is 12.1. The number of fused-ring (bicyclic) bond motifs is 1. The molecule has 1 unspecified atom stereocenters. The molecule has 1 aromatic heterocycles. The van der Waals surface area contributed by atoms with Crippen molar-refractivity contribution >= 4 is 22.8 Å². The van der Waals surface area contributed by atoms with Gasteiger partial charge in [0.2, 0.25) is 0 Å². The maximum Gasteiger partial charge on any atom is 0.377 e. The molecule has 2 aromatic rings. The zero-order valence-electron chi connectivity index (χ0n) is 12.7. The van der Waals surface area contributed by atoms with Crippen LogP contribution in [0.1, 0.15) is 31.2 Å². The smallest absolute Gasteiger partial charge is 0.377 e. The summed E-state index contributed by atoms with van der Waals surface area (Å²) < 4.78 is 10.4. The van der Waals surface area contributed by atoms with E-state index < -0.39 is 17.7 Å². The van der Waals surface area contributed by atoms with Crippen LogP contribution < -0.4 is 0 Å². The highest BCUT2D eigenvalue weighted by Gasteiger charge is 2.45. The molecule has 0 amide bonds. The molecule has 1 fully saturated rings. The van der Waals surface area contributed by atoms with E-state index in [1.165, 1.54) is 0 Å². The SMILES string of the molecule is O=C(CCc1c[nH]c2ccccc12)OC1(C(=O)O)CCCCO1. The second-order valence-corrected chi connectivity index (χ2v) is 5.70. The summed E-state index contributed by atoms with van der Waals surface area (Å²) in [6.45, 7) is 0.294. The van der Waals surface area contributed by atoms with E-state index in [1.807, 2.05) is 30.5 Å². The normalized spacial score (nSPS) is 21.2. The number of aromatic amines is 1. The number of H-pyrrole nitrogens is 1. The van der Waals surface area contributed by atoms with E-state index in [-0.39, 0.29) is 12.8 Å². The van der Waals surface area contributed by atoms with E-state index >= 15 is 0 Å². The van der Waals surface area contributed by atoms with Crippen molar-refractivity contribution in [2.24, 2.45) is 0 Å². The Bertz CT molecular complexity index is 715. The Morgan fingerprint density at radius 1 is 1.30 bits per heavy atom. The number of carbonyl (C=O) groups excluding carboxylic acids is 1. The standard InChI is InChI=1S/C17H19NO5/c19-15(23-17(16(20)21)9-3-4-10-22-17)8-7-12-11-18-14-6-2-1-5-13(12)14/h1-2,5-6,11,18H,3-4,7-10H2,(H,20,21). The first-order valence-electron chi connectivity index (χ1n) is 7.75. The van der Waals surface area contributed by atoms with E-state index in [4.69, 9.17) is 9.47 Å². The number of aryl methyl sites for hydroxylation is 1. The third-order valence-electron chi connectivity index (χ3n) is 4.11. The van der Waals surface area contributed by atoms with Crippen LogP contribution in [0.5, 0.6) is 0 Å². The van der Waals surface area contributed by atoms with Gasteiger partial charge in [-0.3, -0.25) is 4.79 Å². The van der Waals surface area contributed by atoms with Crippen molar-refractivity contribution in [3.05, 3.63) is 36.0 Å². The van der Waals surface area contributed by atoms with Gasteiger partial charge in [0, 0.05) is 29.9 Å². The lowest BCUT2D eigenvalue weighted by molar-refractivity contribution is -0.251. The van der Waals surface area contributed by atoms with Crippen LogP contribution in [0.3, 0.4) is 0 Å². The fraction of sp³-hybridized carbons (Fsp3) is 0.412. The average Bonchev–Trinajstić information content (AvgIpc) is 2.97. The molecule has 2 N–H and O–H groups in total. The van der Waals surface area contributed by atoms with Crippen LogP contribution in [0.2, 0.25) is 0 Å². The maximum absolute atomic E-state index is 12.1. The fourth-order valence-electron chi connectivity index (χ4n) is 2.87. The van der Waals surface area contributed by atoms with Gasteiger partial charge in [0.1, 0.15) is 0 Å². The van der Waals surface area contributed by atoms with Crippen LogP contribution >= 0.6 is 0 Å². The molecule has 0 radical (unpaired) electrons. The largest absolute Gasteiger partial charge is 0.476 e. The molecule has 0 saturated carbocycles. The van der Waals surface area contributed by atoms with Gasteiger partial charge in [-0.15, -0.1) is 0 Å². The Kier molecular flexibility index (Phi) is 4.34. The summed E-state index contributed by atoms with van der Waals surface area (Å²) in [5, 5.41) is 10.4. The quantitative estimate of drug-likeness (QED) is 0.828. The predicted octanol–water partition coefficient (Wildman–Crippen LogP) is 2.63. The summed E-state index contributed by atoms with van der Waals surface area (Å²) in [7, 11) is 0. The summed E-state index contributed by atoms with van der Waals surface area (Å²) in [5.41, 5.74) is 2.01. The van der Waals surface area contributed by atoms with Gasteiger partial charge in [-0.05, 0) is 30.9 Å². The number of rotatable bonds is 5. The second-order valence-electron chi connectivity index (χ2n) is 5.70. The molecule has 0 spiro atoms. The summed E-state index contributed by atoms with van der Waals surface area (Å²) in [6.07, 6.45) is 4.10. The Morgan fingerprint density at radius 2 is 2.13 bits per heavy atom. The Labute approximate surface area is 133 Å². The highest BCUT2D eigenvalue weighted by molar-refractivity contribution is 5.84. The zero-order chi connectivity index (χ0) is 16.3. The number of aromatic nitrogens is 1. The molecular formula is C17H19NO5. The minimum absolute atomic E-state index is 0.111. The van der Waals surface area contributed by atoms with Gasteiger partial charge in [0.25, 0.3) is 0 Å². The summed E-state index contributed by atoms with van der Waals surface area (Å²) >= 11 is 0. The highest BCUT2D eigenvalue weighted by Crippen LogP contribution is 2.28. The molecule has 1 aliphatic heterocycles. The van der Waals surface area contributed by atoms with Crippen LogP contribution in [0.15, 0.2) is 30.5 Å². The van der Waals surface area contributed by atoms with Crippen molar-refractivity contribution in [2.45, 2.75) is 37.9 Å². The van der Waals surface area contributed by atoms with E-state index in [9.17, 15) is 14.7 Å². The summed E-state index contributed by atoms with van der Waals surface area (Å²) in [6, 6.07) is 7.82. The van der Waals surface area contributed by atoms with Crippen molar-refractivity contribution in [3.63, 3.8) is 0 Å². The lowest BCUT2D eigenvalue weighted by Gasteiger charge is -2.32. The van der Waals surface area contributed by atoms with Gasteiger partial charge in [-0.1, -0.05) is 18.2 Å². The van der Waals surface area contributed by atoms with E-state index in [2.05, 4.69) is 4.98 Å². The van der Waals surface area contributed by atoms with Crippen molar-refractivity contribution < 1.29 is 24.2 Å². The zero-order valence-corrected chi connectivity index (χ0v) is 12.7. The molecule has 23 heavy (non-hydrogen) atoms. The van der Waals surface area contributed by atoms with E-state index in [1.54, 1.807) is 0 Å². The molecule has 6 nitrogen and oxygen atoms in total. The van der Waals surface area contributed by atoms with Crippen LogP contribution in [0, 0.1) is 0 Å². The number of nitrogens with one attached hydrogen (secondary N) is 1. The highest BCUT2D eigenvalue weighted by atomic mass is 16.7. The number of benzene rings is 1. The number of ether oxygens (including phenoxy) is 2. The predicted molar refractivity (Wildman–Crippen MR) is 82.9 cm³/mol. The van der Waals surface area contributed by atoms with Crippen molar-refractivity contribution in [2.75, 3.05) is 6.61 Å². The number of hydrogen-bond donors (Lipinski definition) is 2. The minimum Gasteiger partial charge on any atom is -0.476 e. The molecule has 6 heteroatoms. The van der Waals surface area contributed by atoms with Crippen molar-refractivity contribution in [1.29, 1.82) is 0 Å². The summed E-state index contributed by atoms with van der Waals surface area (Å²) in [4.78, 5) is 26.6. The number of carbonyl (C=O) groups is 2. The monoisotopic (exact) mass is 317 g/mol. The third-order valence-corrected chi connectivity index (χ3v) is 4.11. The molecule has 1 aromatic carbocycles. The molecule has 0 aliphatic carbocycles. The Morgan fingerprint density at radius 3 is 2.87 bits per heavy atom. The molecule has 3 rings (SSSR count). The van der Waals surface area contributed by atoms with Crippen molar-refractivity contribution in [3.8, 4) is 0 Å². The first-order valence-corrected chi connectivity index (χ1v) is 7.75. The number of hydrogen-bond acceptors (Lipinski definition) is 4. The second kappa shape index (κ2) is 6.42. The number of carboxylic acid groups (broad SMARTS) is 1. The van der Waals surface area contributed by atoms with Gasteiger partial charge in [-0.2, -0.15) is 0 Å². The molecule has 1 saturated heterocycles. The summed E-state index contributed by atoms with van der Waals surface area (Å²) in [5.74, 6) is -3.60. The fourth-order valence-corrected chi connectivity index (χ4v) is 2.87. The molecule has 122 valence electrons. The molecular weight excluding hydrogens is 298 g/mol. The third kappa shape index (κ3) is 3.22. The Hall–Kier alpha value is -2.34. The number of esters is 1. The minimum atomic E-state index is -1.81. The lowest BCUT2D eigenvalue weighted by Crippen LogP contribution is -2.48. The van der Waals surface area contributed by atoms with Gasteiger partial charge in [0.15, 0.2) is 0 Å². The number of aliphatic carboxylic acids is 1. The van der Waals surface area contributed by atoms with Crippen LogP contribution in [0.4, 0.5) is 0 Å². The molecule has 1 atom stereocenters. The Balaban J connectivity index is 1.64. The molecule has 1 aliphatic rings. The number of carboxylic acids is 1. The first kappa shape index (κ1) is 15.6. The molecule has 0 bridgehead atoms.